The quantitative estimate of drug-likeness (QED) is 0.684. The highest BCUT2D eigenvalue weighted by atomic mass is 16.5. The lowest BCUT2D eigenvalue weighted by Crippen LogP contribution is -2.36. The van der Waals surface area contributed by atoms with Crippen molar-refractivity contribution in [3.05, 3.63) is 47.8 Å². The van der Waals surface area contributed by atoms with E-state index in [1.54, 1.807) is 13.4 Å². The molecule has 0 radical (unpaired) electrons. The molecule has 0 aromatic carbocycles. The van der Waals surface area contributed by atoms with E-state index in [9.17, 15) is 5.11 Å². The van der Waals surface area contributed by atoms with Gasteiger partial charge in [-0.15, -0.1) is 0 Å². The summed E-state index contributed by atoms with van der Waals surface area (Å²) in [5.74, 6) is 2.51. The zero-order valence-electron chi connectivity index (χ0n) is 13.7. The van der Waals surface area contributed by atoms with Crippen molar-refractivity contribution in [3.8, 4) is 0 Å². The second-order valence-corrected chi connectivity index (χ2v) is 5.49. The Morgan fingerprint density at radius 1 is 1.26 bits per heavy atom. The molecule has 0 aliphatic carbocycles. The number of ether oxygens (including phenoxy) is 2. The lowest BCUT2D eigenvalue weighted by molar-refractivity contribution is -0.000513. The van der Waals surface area contributed by atoms with Crippen LogP contribution in [-0.2, 0) is 22.6 Å². The van der Waals surface area contributed by atoms with Crippen LogP contribution in [0.2, 0.25) is 0 Å². The van der Waals surface area contributed by atoms with E-state index in [4.69, 9.17) is 18.3 Å². The molecule has 0 saturated heterocycles. The standard InChI is InChI=1S/C17H25NO5/c1-14-5-6-16(23-14)11-18(7-9-20-2)10-15(19)12-21-13-17-4-3-8-22-17/h3-6,8,15,19H,7,9-13H2,1-2H3/t15-/m1/s1. The molecule has 128 valence electrons. The first kappa shape index (κ1) is 17.7. The van der Waals surface area contributed by atoms with Gasteiger partial charge in [0.25, 0.3) is 0 Å². The van der Waals surface area contributed by atoms with Crippen molar-refractivity contribution in [2.24, 2.45) is 0 Å². The zero-order chi connectivity index (χ0) is 16.5. The monoisotopic (exact) mass is 323 g/mol. The minimum atomic E-state index is -0.585. The normalized spacial score (nSPS) is 12.9. The summed E-state index contributed by atoms with van der Waals surface area (Å²) in [7, 11) is 1.66. The average molecular weight is 323 g/mol. The Balaban J connectivity index is 1.76. The third-order valence-electron chi connectivity index (χ3n) is 3.39. The SMILES string of the molecule is COCCN(Cc1ccc(C)o1)C[C@@H](O)COCc1ccco1. The lowest BCUT2D eigenvalue weighted by atomic mass is 10.3. The van der Waals surface area contributed by atoms with Crippen LogP contribution in [0.15, 0.2) is 39.4 Å². The van der Waals surface area contributed by atoms with E-state index in [1.165, 1.54) is 0 Å². The first-order chi connectivity index (χ1) is 11.2. The summed E-state index contributed by atoms with van der Waals surface area (Å²) < 4.78 is 21.4. The number of aryl methyl sites for hydroxylation is 1. The first-order valence-corrected chi connectivity index (χ1v) is 7.72. The molecule has 2 rings (SSSR count). The molecule has 0 aliphatic rings. The summed E-state index contributed by atoms with van der Waals surface area (Å²) in [6.45, 7) is 4.96. The summed E-state index contributed by atoms with van der Waals surface area (Å²) in [5, 5.41) is 10.2. The van der Waals surface area contributed by atoms with E-state index >= 15 is 0 Å². The number of nitrogens with zero attached hydrogens (tertiary/aromatic N) is 1. The van der Waals surface area contributed by atoms with Crippen LogP contribution in [0.25, 0.3) is 0 Å². The second kappa shape index (κ2) is 9.52. The highest BCUT2D eigenvalue weighted by Crippen LogP contribution is 2.10. The van der Waals surface area contributed by atoms with E-state index in [2.05, 4.69) is 4.90 Å². The maximum absolute atomic E-state index is 10.2. The maximum atomic E-state index is 10.2. The Kier molecular flexibility index (Phi) is 7.35. The molecule has 0 saturated carbocycles. The molecule has 0 amide bonds. The van der Waals surface area contributed by atoms with E-state index in [1.807, 2.05) is 31.2 Å². The van der Waals surface area contributed by atoms with Gasteiger partial charge in [0.15, 0.2) is 0 Å². The van der Waals surface area contributed by atoms with E-state index in [0.29, 0.717) is 32.8 Å². The summed E-state index contributed by atoms with van der Waals surface area (Å²) in [5.41, 5.74) is 0. The largest absolute Gasteiger partial charge is 0.467 e. The molecule has 2 heterocycles. The maximum Gasteiger partial charge on any atom is 0.129 e. The van der Waals surface area contributed by atoms with E-state index < -0.39 is 6.10 Å². The topological polar surface area (TPSA) is 68.2 Å². The van der Waals surface area contributed by atoms with Gasteiger partial charge < -0.3 is 23.4 Å². The van der Waals surface area contributed by atoms with Gasteiger partial charge in [-0.25, -0.2) is 0 Å². The number of hydrogen-bond acceptors (Lipinski definition) is 6. The third-order valence-corrected chi connectivity index (χ3v) is 3.39. The van der Waals surface area contributed by atoms with Crippen molar-refractivity contribution >= 4 is 0 Å². The van der Waals surface area contributed by atoms with Crippen LogP contribution in [-0.4, -0.2) is 49.5 Å². The number of rotatable bonds is 11. The zero-order valence-corrected chi connectivity index (χ0v) is 13.7. The highest BCUT2D eigenvalue weighted by Gasteiger charge is 2.14. The van der Waals surface area contributed by atoms with Crippen molar-refractivity contribution in [3.63, 3.8) is 0 Å². The van der Waals surface area contributed by atoms with Crippen LogP contribution >= 0.6 is 0 Å². The molecule has 1 atom stereocenters. The molecule has 0 aliphatic heterocycles. The Hall–Kier alpha value is -1.60. The van der Waals surface area contributed by atoms with Gasteiger partial charge in [0.1, 0.15) is 23.9 Å². The minimum absolute atomic E-state index is 0.251. The third kappa shape index (κ3) is 6.58. The fourth-order valence-electron chi connectivity index (χ4n) is 2.29. The molecule has 1 N–H and O–H groups in total. The Morgan fingerprint density at radius 3 is 2.78 bits per heavy atom. The molecule has 23 heavy (non-hydrogen) atoms. The predicted octanol–water partition coefficient (Wildman–Crippen LogP) is 2.21. The fraction of sp³-hybridized carbons (Fsp3) is 0.529. The van der Waals surface area contributed by atoms with E-state index in [0.717, 1.165) is 17.3 Å². The number of methoxy groups -OCH3 is 1. The number of furan rings is 2. The van der Waals surface area contributed by atoms with Crippen LogP contribution in [0.1, 0.15) is 17.3 Å². The minimum Gasteiger partial charge on any atom is -0.467 e. The lowest BCUT2D eigenvalue weighted by Gasteiger charge is -2.23. The van der Waals surface area contributed by atoms with Gasteiger partial charge >= 0.3 is 0 Å². The van der Waals surface area contributed by atoms with Crippen LogP contribution < -0.4 is 0 Å². The van der Waals surface area contributed by atoms with Gasteiger partial charge in [-0.1, -0.05) is 0 Å². The van der Waals surface area contributed by atoms with Crippen molar-refractivity contribution < 1.29 is 23.4 Å². The second-order valence-electron chi connectivity index (χ2n) is 5.49. The van der Waals surface area contributed by atoms with Gasteiger partial charge in [0.05, 0.1) is 32.1 Å². The number of hydrogen-bond donors (Lipinski definition) is 1. The van der Waals surface area contributed by atoms with Crippen LogP contribution in [0, 0.1) is 6.92 Å². The average Bonchev–Trinajstić information content (AvgIpc) is 3.17. The van der Waals surface area contributed by atoms with Crippen molar-refractivity contribution in [1.29, 1.82) is 0 Å². The number of aliphatic hydroxyl groups is 1. The van der Waals surface area contributed by atoms with Crippen molar-refractivity contribution in [2.75, 3.05) is 33.4 Å². The molecular formula is C17H25NO5. The molecule has 2 aromatic rings. The molecule has 6 nitrogen and oxygen atoms in total. The molecule has 0 bridgehead atoms. The number of aliphatic hydroxyl groups excluding tert-OH is 1. The highest BCUT2D eigenvalue weighted by molar-refractivity contribution is 5.05. The molecule has 6 heteroatoms. The van der Waals surface area contributed by atoms with Crippen molar-refractivity contribution in [2.45, 2.75) is 26.2 Å². The molecular weight excluding hydrogens is 298 g/mol. The van der Waals surface area contributed by atoms with Gasteiger partial charge in [0.2, 0.25) is 0 Å². The first-order valence-electron chi connectivity index (χ1n) is 7.72. The smallest absolute Gasteiger partial charge is 0.129 e. The van der Waals surface area contributed by atoms with Gasteiger partial charge in [-0.2, -0.15) is 0 Å². The van der Waals surface area contributed by atoms with E-state index in [-0.39, 0.29) is 6.61 Å². The Bertz CT molecular complexity index is 537. The van der Waals surface area contributed by atoms with Crippen molar-refractivity contribution in [1.82, 2.24) is 4.90 Å². The summed E-state index contributed by atoms with van der Waals surface area (Å²) in [6, 6.07) is 7.55. The molecule has 0 fully saturated rings. The molecule has 0 spiro atoms. The van der Waals surface area contributed by atoms with Crippen LogP contribution in [0.4, 0.5) is 0 Å². The van der Waals surface area contributed by atoms with Crippen LogP contribution in [0.3, 0.4) is 0 Å². The fourth-order valence-corrected chi connectivity index (χ4v) is 2.29. The van der Waals surface area contributed by atoms with Crippen LogP contribution in [0.5, 0.6) is 0 Å². The summed E-state index contributed by atoms with van der Waals surface area (Å²) in [6.07, 6.45) is 1.02. The molecule has 0 unspecified atom stereocenters. The predicted molar refractivity (Wildman–Crippen MR) is 85.0 cm³/mol. The Labute approximate surface area is 136 Å². The molecule has 2 aromatic heterocycles. The van der Waals surface area contributed by atoms with Gasteiger partial charge in [-0.05, 0) is 31.2 Å². The summed E-state index contributed by atoms with van der Waals surface area (Å²) >= 11 is 0. The summed E-state index contributed by atoms with van der Waals surface area (Å²) in [4.78, 5) is 2.09. The Morgan fingerprint density at radius 2 is 2.13 bits per heavy atom. The van der Waals surface area contributed by atoms with Gasteiger partial charge in [-0.3, -0.25) is 4.90 Å². The van der Waals surface area contributed by atoms with Gasteiger partial charge in [0, 0.05) is 20.2 Å².